The molecule has 112 valence electrons. The van der Waals surface area contributed by atoms with E-state index >= 15 is 0 Å². The van der Waals surface area contributed by atoms with Gasteiger partial charge >= 0.3 is 5.97 Å². The van der Waals surface area contributed by atoms with Crippen molar-refractivity contribution in [3.8, 4) is 5.75 Å². The molecule has 0 amide bonds. The Kier molecular flexibility index (Phi) is 3.63. The molecule has 0 bridgehead atoms. The minimum absolute atomic E-state index is 0.0187. The third-order valence-corrected chi connectivity index (χ3v) is 3.78. The first-order chi connectivity index (χ1) is 10.6. The Hall–Kier alpha value is -2.69. The lowest BCUT2D eigenvalue weighted by Crippen LogP contribution is -2.02. The zero-order valence-electron chi connectivity index (χ0n) is 11.7. The predicted molar refractivity (Wildman–Crippen MR) is 79.9 cm³/mol. The molecule has 0 unspecified atom stereocenters. The Morgan fingerprint density at radius 2 is 1.91 bits per heavy atom. The van der Waals surface area contributed by atoms with Gasteiger partial charge in [0.05, 0.1) is 5.69 Å². The average Bonchev–Trinajstić information content (AvgIpc) is 2.99. The lowest BCUT2D eigenvalue weighted by Gasteiger charge is -2.10. The number of aromatic nitrogens is 1. The first-order valence-corrected chi connectivity index (χ1v) is 6.98. The molecule has 0 atom stereocenters. The largest absolute Gasteiger partial charge is 0.507 e. The molecule has 1 heterocycles. The molecule has 0 aliphatic heterocycles. The number of benzene rings is 1. The van der Waals surface area contributed by atoms with Gasteiger partial charge in [-0.25, -0.2) is 14.2 Å². The molecule has 2 aromatic rings. The van der Waals surface area contributed by atoms with Crippen molar-refractivity contribution in [1.82, 2.24) is 4.98 Å². The van der Waals surface area contributed by atoms with E-state index in [1.54, 1.807) is 12.1 Å². The Balaban J connectivity index is 2.13. The minimum atomic E-state index is -1.09. The molecule has 3 rings (SSSR count). The second kappa shape index (κ2) is 5.60. The summed E-state index contributed by atoms with van der Waals surface area (Å²) in [6.07, 6.45) is 2.28. The molecule has 4 nitrogen and oxygen atoms in total. The summed E-state index contributed by atoms with van der Waals surface area (Å²) >= 11 is 0. The lowest BCUT2D eigenvalue weighted by molar-refractivity contribution is 0.0690. The Bertz CT molecular complexity index is 783. The van der Waals surface area contributed by atoms with Crippen molar-refractivity contribution in [2.45, 2.75) is 19.3 Å². The van der Waals surface area contributed by atoms with Crippen molar-refractivity contribution in [1.29, 1.82) is 0 Å². The monoisotopic (exact) mass is 299 g/mol. The van der Waals surface area contributed by atoms with Crippen LogP contribution in [0.15, 0.2) is 36.4 Å². The van der Waals surface area contributed by atoms with Gasteiger partial charge in [0, 0.05) is 5.56 Å². The average molecular weight is 299 g/mol. The van der Waals surface area contributed by atoms with Gasteiger partial charge in [0.1, 0.15) is 17.3 Å². The molecule has 0 fully saturated rings. The number of hydrogen-bond acceptors (Lipinski definition) is 3. The number of aromatic carboxylic acids is 1. The van der Waals surface area contributed by atoms with E-state index in [9.17, 15) is 14.3 Å². The zero-order chi connectivity index (χ0) is 15.7. The number of rotatable bonds is 3. The van der Waals surface area contributed by atoms with Gasteiger partial charge in [-0.1, -0.05) is 6.07 Å². The van der Waals surface area contributed by atoms with E-state index in [0.29, 0.717) is 17.7 Å². The van der Waals surface area contributed by atoms with Crippen molar-refractivity contribution in [2.24, 2.45) is 0 Å². The highest BCUT2D eigenvalue weighted by Gasteiger charge is 2.21. The summed E-state index contributed by atoms with van der Waals surface area (Å²) in [5.74, 6) is -1.49. The summed E-state index contributed by atoms with van der Waals surface area (Å²) in [7, 11) is 0. The van der Waals surface area contributed by atoms with Gasteiger partial charge in [-0.15, -0.1) is 0 Å². The van der Waals surface area contributed by atoms with E-state index in [0.717, 1.165) is 24.0 Å². The van der Waals surface area contributed by atoms with Crippen molar-refractivity contribution < 1.29 is 19.4 Å². The molecule has 1 aromatic heterocycles. The molecule has 1 aliphatic rings. The second-order valence-corrected chi connectivity index (χ2v) is 5.19. The third kappa shape index (κ3) is 2.57. The molecule has 1 aliphatic carbocycles. The van der Waals surface area contributed by atoms with Gasteiger partial charge in [-0.05, 0) is 60.7 Å². The fraction of sp³-hybridized carbons (Fsp3) is 0.176. The molecule has 2 N–H and O–H groups in total. The maximum Gasteiger partial charge on any atom is 0.354 e. The standard InChI is InChI=1S/C17H14FNO3/c18-10-7-8-16(20)13(9-10)11-3-1-4-12(11)14-5-2-6-15(19-14)17(21)22/h2,5-9,20H,1,3-4H2,(H,21,22). The number of carbonyl (C=O) groups is 1. The Labute approximate surface area is 126 Å². The molecular weight excluding hydrogens is 285 g/mol. The van der Waals surface area contributed by atoms with Gasteiger partial charge < -0.3 is 10.2 Å². The number of carboxylic acids is 1. The molecule has 0 saturated heterocycles. The van der Waals surface area contributed by atoms with Crippen molar-refractivity contribution in [3.63, 3.8) is 0 Å². The Morgan fingerprint density at radius 1 is 1.14 bits per heavy atom. The maximum atomic E-state index is 13.5. The highest BCUT2D eigenvalue weighted by atomic mass is 19.1. The van der Waals surface area contributed by atoms with E-state index in [4.69, 9.17) is 5.11 Å². The highest BCUT2D eigenvalue weighted by Crippen LogP contribution is 2.42. The lowest BCUT2D eigenvalue weighted by atomic mass is 9.99. The summed E-state index contributed by atoms with van der Waals surface area (Å²) < 4.78 is 13.5. The number of hydrogen-bond donors (Lipinski definition) is 2. The van der Waals surface area contributed by atoms with Crippen LogP contribution in [0.3, 0.4) is 0 Å². The van der Waals surface area contributed by atoms with Gasteiger partial charge in [-0.2, -0.15) is 0 Å². The number of allylic oxidation sites excluding steroid dienone is 2. The minimum Gasteiger partial charge on any atom is -0.507 e. The quantitative estimate of drug-likeness (QED) is 0.906. The van der Waals surface area contributed by atoms with E-state index < -0.39 is 11.8 Å². The first-order valence-electron chi connectivity index (χ1n) is 6.98. The van der Waals surface area contributed by atoms with Crippen LogP contribution >= 0.6 is 0 Å². The van der Waals surface area contributed by atoms with Crippen LogP contribution in [0, 0.1) is 5.82 Å². The van der Waals surface area contributed by atoms with Gasteiger partial charge in [0.25, 0.3) is 0 Å². The van der Waals surface area contributed by atoms with Crippen LogP contribution in [0.2, 0.25) is 0 Å². The normalized spacial score (nSPS) is 14.4. The van der Waals surface area contributed by atoms with Crippen LogP contribution in [-0.2, 0) is 0 Å². The number of carboxylic acid groups (broad SMARTS) is 1. The van der Waals surface area contributed by atoms with E-state index in [2.05, 4.69) is 4.98 Å². The molecule has 5 heteroatoms. The fourth-order valence-corrected chi connectivity index (χ4v) is 2.80. The van der Waals surface area contributed by atoms with Crippen LogP contribution in [0.1, 0.15) is 41.0 Å². The molecule has 0 saturated carbocycles. The zero-order valence-corrected chi connectivity index (χ0v) is 11.7. The fourth-order valence-electron chi connectivity index (χ4n) is 2.80. The molecule has 22 heavy (non-hydrogen) atoms. The number of aromatic hydroxyl groups is 1. The topological polar surface area (TPSA) is 70.4 Å². The number of phenolic OH excluding ortho intramolecular Hbond substituents is 1. The Morgan fingerprint density at radius 3 is 2.68 bits per heavy atom. The number of pyridine rings is 1. The van der Waals surface area contributed by atoms with Crippen LogP contribution in [0.4, 0.5) is 4.39 Å². The van der Waals surface area contributed by atoms with Gasteiger partial charge in [0.15, 0.2) is 0 Å². The van der Waals surface area contributed by atoms with E-state index in [-0.39, 0.29) is 11.4 Å². The molecule has 1 aromatic carbocycles. The summed E-state index contributed by atoms with van der Waals surface area (Å²) in [6, 6.07) is 8.65. The smallest absolute Gasteiger partial charge is 0.354 e. The maximum absolute atomic E-state index is 13.5. The van der Waals surface area contributed by atoms with Crippen molar-refractivity contribution in [3.05, 3.63) is 59.2 Å². The van der Waals surface area contributed by atoms with Gasteiger partial charge in [-0.3, -0.25) is 0 Å². The van der Waals surface area contributed by atoms with Crippen molar-refractivity contribution in [2.75, 3.05) is 0 Å². The summed E-state index contributed by atoms with van der Waals surface area (Å²) in [5.41, 5.74) is 2.68. The predicted octanol–water partition coefficient (Wildman–Crippen LogP) is 3.72. The summed E-state index contributed by atoms with van der Waals surface area (Å²) in [4.78, 5) is 15.2. The van der Waals surface area contributed by atoms with Gasteiger partial charge in [0.2, 0.25) is 0 Å². The van der Waals surface area contributed by atoms with Crippen molar-refractivity contribution >= 4 is 17.1 Å². The van der Waals surface area contributed by atoms with E-state index in [1.165, 1.54) is 24.3 Å². The van der Waals surface area contributed by atoms with E-state index in [1.807, 2.05) is 0 Å². The molecular formula is C17H14FNO3. The molecule has 0 spiro atoms. The first kappa shape index (κ1) is 14.3. The molecule has 0 radical (unpaired) electrons. The second-order valence-electron chi connectivity index (χ2n) is 5.19. The van der Waals surface area contributed by atoms with Crippen LogP contribution < -0.4 is 0 Å². The van der Waals surface area contributed by atoms with Crippen LogP contribution in [-0.4, -0.2) is 21.2 Å². The number of phenols is 1. The SMILES string of the molecule is O=C(O)c1cccc(C2=C(c3cc(F)ccc3O)CCC2)n1. The van der Waals surface area contributed by atoms with Crippen LogP contribution in [0.25, 0.3) is 11.1 Å². The number of nitrogens with zero attached hydrogens (tertiary/aromatic N) is 1. The summed E-state index contributed by atoms with van der Waals surface area (Å²) in [6.45, 7) is 0. The highest BCUT2D eigenvalue weighted by molar-refractivity contribution is 5.94. The number of halogens is 1. The third-order valence-electron chi connectivity index (χ3n) is 3.78. The summed E-state index contributed by atoms with van der Waals surface area (Å²) in [5, 5.41) is 19.0. The van der Waals surface area contributed by atoms with Crippen LogP contribution in [0.5, 0.6) is 5.75 Å².